The van der Waals surface area contributed by atoms with Crippen LogP contribution < -0.4 is 0 Å². The molecule has 1 aliphatic heterocycles. The molecule has 1 N–H and O–H groups in total. The normalized spacial score (nSPS) is 21.0. The first-order valence-electron chi connectivity index (χ1n) is 6.12. The molecule has 0 radical (unpaired) electrons. The zero-order valence-electron chi connectivity index (χ0n) is 10.3. The smallest absolute Gasteiger partial charge is 0.395 e. The maximum Gasteiger partial charge on any atom is 0.416 e. The van der Waals surface area contributed by atoms with Crippen LogP contribution >= 0.6 is 0 Å². The van der Waals surface area contributed by atoms with E-state index in [9.17, 15) is 17.6 Å². The van der Waals surface area contributed by atoms with E-state index in [-0.39, 0.29) is 24.8 Å². The molecule has 2 nitrogen and oxygen atoms in total. The third-order valence-electron chi connectivity index (χ3n) is 3.46. The molecule has 6 heteroatoms. The molecule has 0 saturated carbocycles. The first-order chi connectivity index (χ1) is 8.91. The standard InChI is InChI=1S/C13H15F4NO/c14-10-4-3-9(12(6-10)13(15,16)17)7-18-5-1-2-11(18)8-19/h3-4,6,11,19H,1-2,5,7-8H2/t11-/m1/s1. The number of aliphatic hydroxyl groups excluding tert-OH is 1. The molecule has 0 amide bonds. The average molecular weight is 277 g/mol. The Morgan fingerprint density at radius 1 is 1.32 bits per heavy atom. The molecule has 1 fully saturated rings. The minimum atomic E-state index is -4.56. The van der Waals surface area contributed by atoms with Crippen LogP contribution in [0.5, 0.6) is 0 Å². The van der Waals surface area contributed by atoms with Crippen LogP contribution in [0.2, 0.25) is 0 Å². The van der Waals surface area contributed by atoms with Crippen LogP contribution in [0.25, 0.3) is 0 Å². The lowest BCUT2D eigenvalue weighted by Crippen LogP contribution is -2.32. The highest BCUT2D eigenvalue weighted by Crippen LogP contribution is 2.34. The Morgan fingerprint density at radius 3 is 2.68 bits per heavy atom. The van der Waals surface area contributed by atoms with Crippen molar-refractivity contribution in [1.82, 2.24) is 4.90 Å². The fourth-order valence-corrected chi connectivity index (χ4v) is 2.48. The second-order valence-corrected chi connectivity index (χ2v) is 4.75. The van der Waals surface area contributed by atoms with Crippen LogP contribution in [0.3, 0.4) is 0 Å². The molecule has 1 aromatic carbocycles. The van der Waals surface area contributed by atoms with Gasteiger partial charge in [0.25, 0.3) is 0 Å². The SMILES string of the molecule is OC[C@H]1CCCN1Cc1ccc(F)cc1C(F)(F)F. The summed E-state index contributed by atoms with van der Waals surface area (Å²) in [5.41, 5.74) is -0.884. The van der Waals surface area contributed by atoms with E-state index in [1.165, 1.54) is 6.07 Å². The topological polar surface area (TPSA) is 23.5 Å². The number of hydrogen-bond acceptors (Lipinski definition) is 2. The fourth-order valence-electron chi connectivity index (χ4n) is 2.48. The number of benzene rings is 1. The Labute approximate surface area is 108 Å². The Kier molecular flexibility index (Phi) is 4.10. The van der Waals surface area contributed by atoms with Gasteiger partial charge in [0, 0.05) is 12.6 Å². The van der Waals surface area contributed by atoms with Crippen LogP contribution in [0.4, 0.5) is 17.6 Å². The summed E-state index contributed by atoms with van der Waals surface area (Å²) in [6.07, 6.45) is -2.93. The highest BCUT2D eigenvalue weighted by atomic mass is 19.4. The van der Waals surface area contributed by atoms with Gasteiger partial charge in [-0.2, -0.15) is 13.2 Å². The summed E-state index contributed by atoms with van der Waals surface area (Å²) in [5.74, 6) is -0.892. The largest absolute Gasteiger partial charge is 0.416 e. The van der Waals surface area contributed by atoms with E-state index in [1.807, 2.05) is 4.90 Å². The molecule has 1 heterocycles. The number of rotatable bonds is 3. The van der Waals surface area contributed by atoms with E-state index in [4.69, 9.17) is 5.11 Å². The molecule has 0 aliphatic carbocycles. The molecule has 106 valence electrons. The lowest BCUT2D eigenvalue weighted by Gasteiger charge is -2.24. The molecule has 1 aliphatic rings. The van der Waals surface area contributed by atoms with Crippen molar-refractivity contribution >= 4 is 0 Å². The van der Waals surface area contributed by atoms with Crippen molar-refractivity contribution in [1.29, 1.82) is 0 Å². The van der Waals surface area contributed by atoms with Crippen LogP contribution in [0, 0.1) is 5.82 Å². The number of hydrogen-bond donors (Lipinski definition) is 1. The molecular formula is C13H15F4NO. The van der Waals surface area contributed by atoms with E-state index in [2.05, 4.69) is 0 Å². The minimum absolute atomic E-state index is 0.0502. The maximum absolute atomic E-state index is 13.0. The quantitative estimate of drug-likeness (QED) is 0.859. The molecule has 0 unspecified atom stereocenters. The first kappa shape index (κ1) is 14.3. The number of aliphatic hydroxyl groups is 1. The Hall–Kier alpha value is -1.14. The summed E-state index contributed by atoms with van der Waals surface area (Å²) < 4.78 is 51.5. The van der Waals surface area contributed by atoms with Gasteiger partial charge >= 0.3 is 6.18 Å². The minimum Gasteiger partial charge on any atom is -0.395 e. The highest BCUT2D eigenvalue weighted by molar-refractivity contribution is 5.30. The lowest BCUT2D eigenvalue weighted by molar-refractivity contribution is -0.138. The van der Waals surface area contributed by atoms with E-state index < -0.39 is 17.6 Å². The monoisotopic (exact) mass is 277 g/mol. The Balaban J connectivity index is 2.25. The number of nitrogens with zero attached hydrogens (tertiary/aromatic N) is 1. The van der Waals surface area contributed by atoms with Gasteiger partial charge in [0.1, 0.15) is 5.82 Å². The molecule has 1 aromatic rings. The number of alkyl halides is 3. The molecule has 1 saturated heterocycles. The van der Waals surface area contributed by atoms with Crippen molar-refractivity contribution in [2.75, 3.05) is 13.2 Å². The summed E-state index contributed by atoms with van der Waals surface area (Å²) in [6.45, 7) is 0.669. The van der Waals surface area contributed by atoms with Crippen LogP contribution in [0.15, 0.2) is 18.2 Å². The molecule has 0 spiro atoms. The summed E-state index contributed by atoms with van der Waals surface area (Å²) in [7, 11) is 0. The van der Waals surface area contributed by atoms with Crippen molar-refractivity contribution in [3.05, 3.63) is 35.1 Å². The second-order valence-electron chi connectivity index (χ2n) is 4.75. The second kappa shape index (κ2) is 5.46. The molecule has 19 heavy (non-hydrogen) atoms. The van der Waals surface area contributed by atoms with Crippen molar-refractivity contribution < 1.29 is 22.7 Å². The first-order valence-corrected chi connectivity index (χ1v) is 6.12. The number of halogens is 4. The molecular weight excluding hydrogens is 262 g/mol. The van der Waals surface area contributed by atoms with Crippen LogP contribution in [0.1, 0.15) is 24.0 Å². The van der Waals surface area contributed by atoms with Crippen molar-refractivity contribution in [3.63, 3.8) is 0 Å². The Bertz CT molecular complexity index is 447. The predicted molar refractivity (Wildman–Crippen MR) is 61.9 cm³/mol. The van der Waals surface area contributed by atoms with E-state index >= 15 is 0 Å². The molecule has 1 atom stereocenters. The summed E-state index contributed by atoms with van der Waals surface area (Å²) >= 11 is 0. The van der Waals surface area contributed by atoms with Gasteiger partial charge in [0.2, 0.25) is 0 Å². The predicted octanol–water partition coefficient (Wildman–Crippen LogP) is 2.80. The van der Waals surface area contributed by atoms with Crippen LogP contribution in [-0.2, 0) is 12.7 Å². The van der Waals surface area contributed by atoms with Gasteiger partial charge in [-0.05, 0) is 37.1 Å². The molecule has 0 aromatic heterocycles. The molecule has 0 bridgehead atoms. The van der Waals surface area contributed by atoms with E-state index in [0.717, 1.165) is 18.9 Å². The number of likely N-dealkylation sites (tertiary alicyclic amines) is 1. The average Bonchev–Trinajstić information content (AvgIpc) is 2.77. The van der Waals surface area contributed by atoms with E-state index in [0.29, 0.717) is 12.6 Å². The Morgan fingerprint density at radius 2 is 2.05 bits per heavy atom. The van der Waals surface area contributed by atoms with Gasteiger partial charge in [-0.25, -0.2) is 4.39 Å². The molecule has 2 rings (SSSR count). The lowest BCUT2D eigenvalue weighted by atomic mass is 10.1. The third-order valence-corrected chi connectivity index (χ3v) is 3.46. The summed E-state index contributed by atoms with van der Waals surface area (Å²) in [6, 6.07) is 2.63. The van der Waals surface area contributed by atoms with Crippen molar-refractivity contribution in [2.24, 2.45) is 0 Å². The highest BCUT2D eigenvalue weighted by Gasteiger charge is 2.35. The van der Waals surface area contributed by atoms with Crippen LogP contribution in [-0.4, -0.2) is 29.2 Å². The van der Waals surface area contributed by atoms with Gasteiger partial charge in [0.15, 0.2) is 0 Å². The maximum atomic E-state index is 13.0. The fraction of sp³-hybridized carbons (Fsp3) is 0.538. The van der Waals surface area contributed by atoms with Gasteiger partial charge in [-0.3, -0.25) is 4.90 Å². The van der Waals surface area contributed by atoms with E-state index in [1.54, 1.807) is 0 Å². The summed E-state index contributed by atoms with van der Waals surface area (Å²) in [4.78, 5) is 1.81. The third kappa shape index (κ3) is 3.25. The summed E-state index contributed by atoms with van der Waals surface area (Å²) in [5, 5.41) is 9.16. The van der Waals surface area contributed by atoms with Crippen molar-refractivity contribution in [3.8, 4) is 0 Å². The van der Waals surface area contributed by atoms with Gasteiger partial charge in [-0.15, -0.1) is 0 Å². The van der Waals surface area contributed by atoms with Gasteiger partial charge in [0.05, 0.1) is 12.2 Å². The zero-order chi connectivity index (χ0) is 14.0. The van der Waals surface area contributed by atoms with Crippen molar-refractivity contribution in [2.45, 2.75) is 31.6 Å². The van der Waals surface area contributed by atoms with Gasteiger partial charge in [-0.1, -0.05) is 6.07 Å². The van der Waals surface area contributed by atoms with Gasteiger partial charge < -0.3 is 5.11 Å². The zero-order valence-corrected chi connectivity index (χ0v) is 10.3.